The van der Waals surface area contributed by atoms with Crippen LogP contribution in [0.15, 0.2) is 23.4 Å². The van der Waals surface area contributed by atoms with Gasteiger partial charge in [0.1, 0.15) is 0 Å². The highest BCUT2D eigenvalue weighted by Crippen LogP contribution is 2.13. The van der Waals surface area contributed by atoms with Crippen molar-refractivity contribution in [3.8, 4) is 0 Å². The molecule has 0 spiro atoms. The summed E-state index contributed by atoms with van der Waals surface area (Å²) in [7, 11) is -3.57. The Balaban J connectivity index is 2.34. The van der Waals surface area contributed by atoms with E-state index in [1.165, 1.54) is 31.5 Å². The smallest absolute Gasteiger partial charge is 0.260 e. The summed E-state index contributed by atoms with van der Waals surface area (Å²) in [6.07, 6.45) is 8.14. The summed E-state index contributed by atoms with van der Waals surface area (Å²) in [5.74, 6) is 0. The van der Waals surface area contributed by atoms with Gasteiger partial charge in [0, 0.05) is 12.7 Å². The third-order valence-electron chi connectivity index (χ3n) is 2.88. The van der Waals surface area contributed by atoms with Gasteiger partial charge in [-0.15, -0.1) is 0 Å². The maximum atomic E-state index is 11.9. The standard InChI is InChI=1S/C13H23N3O2S/c1-2-3-4-5-6-7-11-16-19(17,18)13-12(14)9-8-10-15-13/h8-10,16H,2-7,11,14H2,1H3. The summed E-state index contributed by atoms with van der Waals surface area (Å²) < 4.78 is 26.4. The van der Waals surface area contributed by atoms with Crippen molar-refractivity contribution in [2.75, 3.05) is 12.3 Å². The van der Waals surface area contributed by atoms with Gasteiger partial charge in [0.05, 0.1) is 5.69 Å². The van der Waals surface area contributed by atoms with Crippen LogP contribution in [0.2, 0.25) is 0 Å². The first-order valence-electron chi connectivity index (χ1n) is 6.78. The summed E-state index contributed by atoms with van der Waals surface area (Å²) in [6, 6.07) is 3.15. The number of hydrogen-bond donors (Lipinski definition) is 2. The van der Waals surface area contributed by atoms with E-state index in [1.54, 1.807) is 6.07 Å². The SMILES string of the molecule is CCCCCCCCNS(=O)(=O)c1ncccc1N. The van der Waals surface area contributed by atoms with E-state index in [-0.39, 0.29) is 10.7 Å². The van der Waals surface area contributed by atoms with Gasteiger partial charge in [0.2, 0.25) is 0 Å². The quantitative estimate of drug-likeness (QED) is 0.682. The first-order valence-corrected chi connectivity index (χ1v) is 8.26. The number of nitrogens with one attached hydrogen (secondary N) is 1. The topological polar surface area (TPSA) is 85.1 Å². The van der Waals surface area contributed by atoms with Crippen LogP contribution < -0.4 is 10.5 Å². The van der Waals surface area contributed by atoms with Crippen molar-refractivity contribution < 1.29 is 8.42 Å². The molecule has 0 radical (unpaired) electrons. The number of nitrogens with two attached hydrogens (primary N) is 1. The molecule has 108 valence electrons. The third-order valence-corrected chi connectivity index (χ3v) is 4.31. The van der Waals surface area contributed by atoms with E-state index in [2.05, 4.69) is 16.6 Å². The predicted molar refractivity (Wildman–Crippen MR) is 77.2 cm³/mol. The predicted octanol–water partition coefficient (Wildman–Crippen LogP) is 2.30. The van der Waals surface area contributed by atoms with Gasteiger partial charge < -0.3 is 5.73 Å². The van der Waals surface area contributed by atoms with E-state index < -0.39 is 10.0 Å². The number of sulfonamides is 1. The minimum absolute atomic E-state index is 0.0824. The van der Waals surface area contributed by atoms with Gasteiger partial charge >= 0.3 is 0 Å². The third kappa shape index (κ3) is 5.57. The molecule has 3 N–H and O–H groups in total. The van der Waals surface area contributed by atoms with Gasteiger partial charge in [-0.25, -0.2) is 18.1 Å². The first kappa shape index (κ1) is 15.9. The molecule has 0 aromatic carbocycles. The molecule has 1 heterocycles. The molecule has 1 aromatic rings. The number of unbranched alkanes of at least 4 members (excludes halogenated alkanes) is 5. The van der Waals surface area contributed by atoms with Gasteiger partial charge in [-0.1, -0.05) is 39.0 Å². The van der Waals surface area contributed by atoms with Gasteiger partial charge in [-0.2, -0.15) is 0 Å². The van der Waals surface area contributed by atoms with Crippen LogP contribution in [0.25, 0.3) is 0 Å². The number of pyridine rings is 1. The Morgan fingerprint density at radius 3 is 2.58 bits per heavy atom. The fraction of sp³-hybridized carbons (Fsp3) is 0.615. The Labute approximate surface area is 115 Å². The molecule has 0 amide bonds. The second-order valence-electron chi connectivity index (χ2n) is 4.56. The first-order chi connectivity index (χ1) is 9.08. The number of anilines is 1. The number of aromatic nitrogens is 1. The lowest BCUT2D eigenvalue weighted by Gasteiger charge is -2.07. The monoisotopic (exact) mass is 285 g/mol. The summed E-state index contributed by atoms with van der Waals surface area (Å²) in [6.45, 7) is 2.61. The van der Waals surface area contributed by atoms with Crippen LogP contribution in [0.1, 0.15) is 45.4 Å². The highest BCUT2D eigenvalue weighted by Gasteiger charge is 2.17. The van der Waals surface area contributed by atoms with Crippen molar-refractivity contribution in [2.24, 2.45) is 0 Å². The van der Waals surface area contributed by atoms with E-state index in [0.29, 0.717) is 6.54 Å². The lowest BCUT2D eigenvalue weighted by Crippen LogP contribution is -2.26. The fourth-order valence-corrected chi connectivity index (χ4v) is 2.94. The summed E-state index contributed by atoms with van der Waals surface area (Å²) in [5, 5.41) is -0.0824. The molecule has 1 aromatic heterocycles. The van der Waals surface area contributed by atoms with Crippen LogP contribution in [-0.4, -0.2) is 19.9 Å². The number of nitrogen functional groups attached to an aromatic ring is 1. The zero-order valence-electron chi connectivity index (χ0n) is 11.4. The maximum absolute atomic E-state index is 11.9. The average Bonchev–Trinajstić information content (AvgIpc) is 2.38. The molecule has 0 unspecified atom stereocenters. The minimum atomic E-state index is -3.57. The molecule has 19 heavy (non-hydrogen) atoms. The van der Waals surface area contributed by atoms with Crippen LogP contribution in [0.3, 0.4) is 0 Å². The lowest BCUT2D eigenvalue weighted by molar-refractivity contribution is 0.565. The fourth-order valence-electron chi connectivity index (χ4n) is 1.81. The Bertz CT molecular complexity index is 475. The Kier molecular flexibility index (Phi) is 6.80. The number of hydrogen-bond acceptors (Lipinski definition) is 4. The van der Waals surface area contributed by atoms with Crippen molar-refractivity contribution in [3.63, 3.8) is 0 Å². The van der Waals surface area contributed by atoms with Crippen LogP contribution >= 0.6 is 0 Å². The molecule has 0 atom stereocenters. The largest absolute Gasteiger partial charge is 0.396 e. The number of nitrogens with zero attached hydrogens (tertiary/aromatic N) is 1. The minimum Gasteiger partial charge on any atom is -0.396 e. The van der Waals surface area contributed by atoms with Crippen molar-refractivity contribution in [1.29, 1.82) is 0 Å². The summed E-state index contributed by atoms with van der Waals surface area (Å²) in [5.41, 5.74) is 5.79. The van der Waals surface area contributed by atoms with E-state index in [4.69, 9.17) is 5.73 Å². The van der Waals surface area contributed by atoms with Gasteiger partial charge in [-0.05, 0) is 18.6 Å². The molecule has 0 fully saturated rings. The summed E-state index contributed by atoms with van der Waals surface area (Å²) in [4.78, 5) is 3.81. The molecule has 0 bridgehead atoms. The molecular weight excluding hydrogens is 262 g/mol. The van der Waals surface area contributed by atoms with Crippen molar-refractivity contribution in [2.45, 2.75) is 50.5 Å². The van der Waals surface area contributed by atoms with E-state index >= 15 is 0 Å². The van der Waals surface area contributed by atoms with Gasteiger partial charge in [-0.3, -0.25) is 0 Å². The highest BCUT2D eigenvalue weighted by atomic mass is 32.2. The van der Waals surface area contributed by atoms with Crippen LogP contribution in [-0.2, 0) is 10.0 Å². The van der Waals surface area contributed by atoms with Gasteiger partial charge in [0.25, 0.3) is 10.0 Å². The van der Waals surface area contributed by atoms with Crippen LogP contribution in [0, 0.1) is 0 Å². The van der Waals surface area contributed by atoms with Crippen LogP contribution in [0.4, 0.5) is 5.69 Å². The normalized spacial score (nSPS) is 11.6. The highest BCUT2D eigenvalue weighted by molar-refractivity contribution is 7.89. The Hall–Kier alpha value is -1.14. The summed E-state index contributed by atoms with van der Waals surface area (Å²) >= 11 is 0. The van der Waals surface area contributed by atoms with Gasteiger partial charge in [0.15, 0.2) is 5.03 Å². The molecule has 0 aliphatic heterocycles. The molecular formula is C13H23N3O2S. The van der Waals surface area contributed by atoms with Crippen LogP contribution in [0.5, 0.6) is 0 Å². The Morgan fingerprint density at radius 1 is 1.21 bits per heavy atom. The zero-order chi connectivity index (χ0) is 14.1. The zero-order valence-corrected chi connectivity index (χ0v) is 12.2. The second kappa shape index (κ2) is 8.12. The number of rotatable bonds is 9. The molecule has 1 rings (SSSR count). The molecule has 0 saturated heterocycles. The molecule has 0 aliphatic rings. The Morgan fingerprint density at radius 2 is 1.89 bits per heavy atom. The van der Waals surface area contributed by atoms with E-state index in [0.717, 1.165) is 19.3 Å². The van der Waals surface area contributed by atoms with Crippen molar-refractivity contribution in [3.05, 3.63) is 18.3 Å². The second-order valence-corrected chi connectivity index (χ2v) is 6.25. The average molecular weight is 285 g/mol. The van der Waals surface area contributed by atoms with Crippen molar-refractivity contribution >= 4 is 15.7 Å². The lowest BCUT2D eigenvalue weighted by atomic mass is 10.1. The maximum Gasteiger partial charge on any atom is 0.260 e. The molecule has 5 nitrogen and oxygen atoms in total. The molecule has 0 aliphatic carbocycles. The molecule has 6 heteroatoms. The van der Waals surface area contributed by atoms with E-state index in [1.807, 2.05) is 0 Å². The van der Waals surface area contributed by atoms with Crippen molar-refractivity contribution in [1.82, 2.24) is 9.71 Å². The van der Waals surface area contributed by atoms with E-state index in [9.17, 15) is 8.42 Å². The molecule has 0 saturated carbocycles.